The summed E-state index contributed by atoms with van der Waals surface area (Å²) in [6, 6.07) is 0. The quantitative estimate of drug-likeness (QED) is 0.287. The first kappa shape index (κ1) is 27.8. The van der Waals surface area contributed by atoms with Crippen LogP contribution < -0.4 is 0 Å². The van der Waals surface area contributed by atoms with Crippen molar-refractivity contribution < 1.29 is 53.1 Å². The van der Waals surface area contributed by atoms with Gasteiger partial charge in [0.25, 0.3) is 0 Å². The van der Waals surface area contributed by atoms with Crippen LogP contribution in [0.2, 0.25) is 0 Å². The molecule has 1 heterocycles. The molecule has 2 aliphatic carbocycles. The van der Waals surface area contributed by atoms with Crippen molar-refractivity contribution in [3.8, 4) is 0 Å². The number of esters is 4. The topological polar surface area (TPSA) is 155 Å². The van der Waals surface area contributed by atoms with Crippen molar-refractivity contribution in [3.63, 3.8) is 0 Å². The lowest BCUT2D eigenvalue weighted by Crippen LogP contribution is -2.82. The van der Waals surface area contributed by atoms with Crippen LogP contribution in [0, 0.1) is 0 Å². The lowest BCUT2D eigenvalue weighted by Gasteiger charge is -2.63. The van der Waals surface area contributed by atoms with Crippen molar-refractivity contribution in [2.45, 2.75) is 95.4 Å². The summed E-state index contributed by atoms with van der Waals surface area (Å²) in [4.78, 5) is 50.4. The van der Waals surface area contributed by atoms with Gasteiger partial charge in [0.2, 0.25) is 5.60 Å². The Morgan fingerprint density at radius 1 is 1.08 bits per heavy atom. The van der Waals surface area contributed by atoms with Gasteiger partial charge in [-0.05, 0) is 40.5 Å². The number of carbonyl (C=O) groups excluding carboxylic acids is 4. The van der Waals surface area contributed by atoms with E-state index in [2.05, 4.69) is 6.58 Å². The Labute approximate surface area is 209 Å². The van der Waals surface area contributed by atoms with E-state index in [0.29, 0.717) is 0 Å². The molecule has 0 aromatic rings. The Balaban J connectivity index is 2.40. The third kappa shape index (κ3) is 4.12. The normalized spacial score (nSPS) is 37.4. The van der Waals surface area contributed by atoms with Crippen molar-refractivity contribution in [2.75, 3.05) is 13.2 Å². The van der Waals surface area contributed by atoms with Crippen molar-refractivity contribution in [3.05, 3.63) is 23.3 Å². The van der Waals surface area contributed by atoms with Crippen molar-refractivity contribution in [1.82, 2.24) is 0 Å². The second-order valence-electron chi connectivity index (χ2n) is 10.1. The van der Waals surface area contributed by atoms with Crippen molar-refractivity contribution in [1.29, 1.82) is 0 Å². The zero-order valence-corrected chi connectivity index (χ0v) is 21.5. The molecule has 2 N–H and O–H groups in total. The fourth-order valence-corrected chi connectivity index (χ4v) is 5.71. The highest BCUT2D eigenvalue weighted by atomic mass is 16.6. The largest absolute Gasteiger partial charge is 0.456 e. The predicted octanol–water partition coefficient (Wildman–Crippen LogP) is 1.04. The fourth-order valence-electron chi connectivity index (χ4n) is 5.71. The van der Waals surface area contributed by atoms with Crippen LogP contribution in [0.3, 0.4) is 0 Å². The molecule has 0 aromatic carbocycles. The molecule has 0 saturated heterocycles. The summed E-state index contributed by atoms with van der Waals surface area (Å²) in [5, 5.41) is 23.7. The first-order valence-electron chi connectivity index (χ1n) is 11.8. The van der Waals surface area contributed by atoms with Crippen molar-refractivity contribution >= 4 is 23.9 Å². The highest BCUT2D eigenvalue weighted by Crippen LogP contribution is 2.63. The summed E-state index contributed by atoms with van der Waals surface area (Å²) in [5.74, 6) is -3.28. The van der Waals surface area contributed by atoms with E-state index in [-0.39, 0.29) is 49.2 Å². The summed E-state index contributed by atoms with van der Waals surface area (Å²) in [6.07, 6.45) is -3.47. The molecule has 200 valence electrons. The van der Waals surface area contributed by atoms with Gasteiger partial charge < -0.3 is 33.9 Å². The minimum Gasteiger partial charge on any atom is -0.456 e. The van der Waals surface area contributed by atoms with Gasteiger partial charge in [0.15, 0.2) is 11.7 Å². The number of hydrogen-bond acceptors (Lipinski definition) is 11. The molecule has 1 spiro atoms. The molecule has 6 atom stereocenters. The Kier molecular flexibility index (Phi) is 7.17. The highest BCUT2D eigenvalue weighted by molar-refractivity contribution is 5.95. The van der Waals surface area contributed by atoms with E-state index in [9.17, 15) is 29.4 Å². The maximum absolute atomic E-state index is 13.3. The zero-order chi connectivity index (χ0) is 27.3. The van der Waals surface area contributed by atoms with Crippen LogP contribution in [0.1, 0.15) is 60.8 Å². The van der Waals surface area contributed by atoms with E-state index in [1.165, 1.54) is 20.8 Å². The van der Waals surface area contributed by atoms with Gasteiger partial charge in [0, 0.05) is 38.0 Å². The molecule has 3 aliphatic rings. The Morgan fingerprint density at radius 3 is 2.25 bits per heavy atom. The fraction of sp³-hybridized carbons (Fsp3) is 0.680. The molecule has 11 heteroatoms. The third-order valence-electron chi connectivity index (χ3n) is 7.24. The van der Waals surface area contributed by atoms with Crippen LogP contribution in [0.25, 0.3) is 0 Å². The average molecular weight is 511 g/mol. The molecule has 11 nitrogen and oxygen atoms in total. The first-order chi connectivity index (χ1) is 16.6. The Hall–Kier alpha value is -2.76. The minimum absolute atomic E-state index is 0.00565. The molecule has 3 rings (SSSR count). The van der Waals surface area contributed by atoms with E-state index in [0.717, 1.165) is 13.8 Å². The molecule has 1 aliphatic heterocycles. The Bertz CT molecular complexity index is 1030. The van der Waals surface area contributed by atoms with Crippen LogP contribution >= 0.6 is 0 Å². The second-order valence-corrected chi connectivity index (χ2v) is 10.1. The smallest absolute Gasteiger partial charge is 0.337 e. The number of hydrogen-bond donors (Lipinski definition) is 2. The second kappa shape index (κ2) is 9.28. The van der Waals surface area contributed by atoms with E-state index in [1.807, 2.05) is 0 Å². The molecule has 0 bridgehead atoms. The van der Waals surface area contributed by atoms with E-state index < -0.39 is 58.5 Å². The molecule has 0 amide bonds. The first-order valence-corrected chi connectivity index (χ1v) is 11.8. The SMILES string of the molecule is C=C(C)C(=O)OC1C[C@@](C)(OC(C)=O)[C@@]2(O)CC[C@@](C)(O)C(OC(C)=O)[C@]23OC(=O)C(COCC)=C13. The molecule has 0 radical (unpaired) electrons. The zero-order valence-electron chi connectivity index (χ0n) is 21.5. The number of aliphatic hydroxyl groups is 2. The standard InChI is InChI=1S/C25H34O11/c1-8-32-12-16-18-17(34-19(28)13(2)3)11-23(7,35-15(5)27)24(31)10-9-22(6,30)21(33-14(4)26)25(18,24)36-20(16)29/h17,21,30-31H,2,8-12H2,1,3-7H3/t17?,21?,22-,23-,24+,25+/m1/s1. The molecule has 2 unspecified atom stereocenters. The van der Waals surface area contributed by atoms with Crippen LogP contribution in [-0.4, -0.2) is 81.9 Å². The monoisotopic (exact) mass is 510 g/mol. The van der Waals surface area contributed by atoms with Gasteiger partial charge in [0.1, 0.15) is 17.3 Å². The minimum atomic E-state index is -2.26. The summed E-state index contributed by atoms with van der Waals surface area (Å²) in [7, 11) is 0. The van der Waals surface area contributed by atoms with Gasteiger partial charge in [-0.1, -0.05) is 6.58 Å². The summed E-state index contributed by atoms with van der Waals surface area (Å²) >= 11 is 0. The predicted molar refractivity (Wildman–Crippen MR) is 122 cm³/mol. The lowest BCUT2D eigenvalue weighted by molar-refractivity contribution is -0.324. The highest BCUT2D eigenvalue weighted by Gasteiger charge is 2.81. The maximum atomic E-state index is 13.3. The molecule has 0 aromatic heterocycles. The van der Waals surface area contributed by atoms with Gasteiger partial charge in [-0.3, -0.25) is 9.59 Å². The van der Waals surface area contributed by atoms with Crippen LogP contribution in [0.4, 0.5) is 0 Å². The molecular formula is C25H34O11. The summed E-state index contributed by atoms with van der Waals surface area (Å²) < 4.78 is 28.2. The average Bonchev–Trinajstić information content (AvgIpc) is 3.04. The van der Waals surface area contributed by atoms with Gasteiger partial charge >= 0.3 is 23.9 Å². The van der Waals surface area contributed by atoms with Gasteiger partial charge in [-0.25, -0.2) is 9.59 Å². The maximum Gasteiger partial charge on any atom is 0.337 e. The van der Waals surface area contributed by atoms with Gasteiger partial charge in [0.05, 0.1) is 12.2 Å². The third-order valence-corrected chi connectivity index (χ3v) is 7.24. The van der Waals surface area contributed by atoms with Gasteiger partial charge in [-0.2, -0.15) is 0 Å². The van der Waals surface area contributed by atoms with Crippen LogP contribution in [0.5, 0.6) is 0 Å². The molecule has 36 heavy (non-hydrogen) atoms. The van der Waals surface area contributed by atoms with Crippen molar-refractivity contribution in [2.24, 2.45) is 0 Å². The molecule has 2 saturated carbocycles. The lowest BCUT2D eigenvalue weighted by atomic mass is 9.51. The molecular weight excluding hydrogens is 476 g/mol. The van der Waals surface area contributed by atoms with E-state index >= 15 is 0 Å². The summed E-state index contributed by atoms with van der Waals surface area (Å²) in [5.41, 5.74) is -8.02. The number of ether oxygens (including phenoxy) is 5. The van der Waals surface area contributed by atoms with Crippen LogP contribution in [0.15, 0.2) is 23.3 Å². The number of carbonyl (C=O) groups is 4. The molecule has 2 fully saturated rings. The number of rotatable bonds is 7. The van der Waals surface area contributed by atoms with E-state index in [4.69, 9.17) is 23.7 Å². The summed E-state index contributed by atoms with van der Waals surface area (Å²) in [6.45, 7) is 11.8. The van der Waals surface area contributed by atoms with Crippen LogP contribution in [-0.2, 0) is 42.9 Å². The Morgan fingerprint density at radius 2 is 1.72 bits per heavy atom. The van der Waals surface area contributed by atoms with E-state index in [1.54, 1.807) is 6.92 Å². The van der Waals surface area contributed by atoms with Gasteiger partial charge in [-0.15, -0.1) is 0 Å².